The molecule has 0 radical (unpaired) electrons. The Labute approximate surface area is 437 Å². The van der Waals surface area contributed by atoms with Crippen molar-refractivity contribution >= 4 is 17.9 Å². The van der Waals surface area contributed by atoms with E-state index in [-0.39, 0.29) is 31.1 Å². The maximum atomic E-state index is 12.8. The van der Waals surface area contributed by atoms with E-state index in [1.54, 1.807) is 0 Å². The Kier molecular flexibility index (Phi) is 54.9. The smallest absolute Gasteiger partial charge is 0.306 e. The molecule has 0 amide bonds. The van der Waals surface area contributed by atoms with Gasteiger partial charge < -0.3 is 14.2 Å². The first kappa shape index (κ1) is 66.8. The van der Waals surface area contributed by atoms with Crippen LogP contribution in [-0.4, -0.2) is 37.2 Å². The Morgan fingerprint density at radius 2 is 0.577 bits per heavy atom. The average Bonchev–Trinajstić information content (AvgIpc) is 3.37. The molecule has 6 heteroatoms. The molecule has 0 aromatic heterocycles. The number of hydrogen-bond acceptors (Lipinski definition) is 6. The van der Waals surface area contributed by atoms with Gasteiger partial charge in [-0.2, -0.15) is 0 Å². The minimum Gasteiger partial charge on any atom is -0.462 e. The molecule has 0 aromatic rings. The lowest BCUT2D eigenvalue weighted by Gasteiger charge is -2.18. The molecule has 0 aliphatic heterocycles. The van der Waals surface area contributed by atoms with Crippen molar-refractivity contribution in [3.8, 4) is 0 Å². The molecule has 0 fully saturated rings. The fourth-order valence-corrected chi connectivity index (χ4v) is 7.61. The molecular weight excluding hydrogens is 877 g/mol. The van der Waals surface area contributed by atoms with Crippen LogP contribution < -0.4 is 0 Å². The Hall–Kier alpha value is -4.19. The van der Waals surface area contributed by atoms with Crippen LogP contribution in [-0.2, 0) is 28.6 Å². The highest BCUT2D eigenvalue weighted by molar-refractivity contribution is 5.71. The summed E-state index contributed by atoms with van der Waals surface area (Å²) in [5.41, 5.74) is 0. The Balaban J connectivity index is 4.29. The van der Waals surface area contributed by atoms with Gasteiger partial charge in [0.15, 0.2) is 6.10 Å². The van der Waals surface area contributed by atoms with Crippen LogP contribution in [0.1, 0.15) is 252 Å². The SMILES string of the molecule is CC/C=C\C/C=C\C/C=C\C/C=C\C/C=C\C/C=C\C/C=C\C/C=C\C/C=C\CCCCCC(=O)OCC(COC(=O)CCCCCCC/C=C\CCC)OC(=O)CCCCCCCCCCCCCC. The molecule has 0 aliphatic carbocycles. The van der Waals surface area contributed by atoms with Crippen molar-refractivity contribution in [2.24, 2.45) is 0 Å². The number of unbranched alkanes of at least 4 members (excludes halogenated alkanes) is 20. The maximum absolute atomic E-state index is 12.8. The summed E-state index contributed by atoms with van der Waals surface area (Å²) in [4.78, 5) is 38.0. The van der Waals surface area contributed by atoms with Gasteiger partial charge in [-0.15, -0.1) is 0 Å². The summed E-state index contributed by atoms with van der Waals surface area (Å²) >= 11 is 0. The van der Waals surface area contributed by atoms with E-state index < -0.39 is 6.10 Å². The Bertz CT molecular complexity index is 1500. The van der Waals surface area contributed by atoms with Crippen molar-refractivity contribution in [1.29, 1.82) is 0 Å². The highest BCUT2D eigenvalue weighted by Crippen LogP contribution is 2.14. The van der Waals surface area contributed by atoms with E-state index in [0.717, 1.165) is 141 Å². The summed E-state index contributed by atoms with van der Waals surface area (Å²) in [7, 11) is 0. The number of allylic oxidation sites excluding steroid dienone is 20. The molecular formula is C65H106O6. The molecule has 0 heterocycles. The predicted molar refractivity (Wildman–Crippen MR) is 306 cm³/mol. The first-order valence-electron chi connectivity index (χ1n) is 29.0. The minimum absolute atomic E-state index is 0.0936. The van der Waals surface area contributed by atoms with Crippen molar-refractivity contribution < 1.29 is 28.6 Å². The summed E-state index contributed by atoms with van der Waals surface area (Å²) < 4.78 is 16.8. The highest BCUT2D eigenvalue weighted by Gasteiger charge is 2.19. The van der Waals surface area contributed by atoms with Gasteiger partial charge in [0.25, 0.3) is 0 Å². The van der Waals surface area contributed by atoms with Crippen molar-refractivity contribution in [2.75, 3.05) is 13.2 Å². The van der Waals surface area contributed by atoms with Crippen LogP contribution >= 0.6 is 0 Å². The van der Waals surface area contributed by atoms with Crippen molar-refractivity contribution in [1.82, 2.24) is 0 Å². The van der Waals surface area contributed by atoms with Crippen LogP contribution in [0, 0.1) is 0 Å². The van der Waals surface area contributed by atoms with E-state index in [1.807, 2.05) is 0 Å². The highest BCUT2D eigenvalue weighted by atomic mass is 16.6. The first-order chi connectivity index (χ1) is 35.0. The van der Waals surface area contributed by atoms with Gasteiger partial charge in [0, 0.05) is 19.3 Å². The predicted octanol–water partition coefficient (Wildman–Crippen LogP) is 19.6. The molecule has 6 nitrogen and oxygen atoms in total. The quantitative estimate of drug-likeness (QED) is 0.0261. The molecule has 0 rings (SSSR count). The molecule has 71 heavy (non-hydrogen) atoms. The number of hydrogen-bond donors (Lipinski definition) is 0. The molecule has 1 unspecified atom stereocenters. The number of rotatable bonds is 51. The van der Waals surface area contributed by atoms with E-state index in [4.69, 9.17) is 14.2 Å². The average molecular weight is 984 g/mol. The van der Waals surface area contributed by atoms with Crippen LogP contribution in [0.2, 0.25) is 0 Å². The Morgan fingerprint density at radius 1 is 0.296 bits per heavy atom. The van der Waals surface area contributed by atoms with Crippen LogP contribution in [0.5, 0.6) is 0 Å². The van der Waals surface area contributed by atoms with Crippen molar-refractivity contribution in [3.05, 3.63) is 122 Å². The fraction of sp³-hybridized carbons (Fsp3) is 0.646. The normalized spacial score (nSPS) is 13.0. The molecule has 0 saturated carbocycles. The van der Waals surface area contributed by atoms with E-state index in [9.17, 15) is 14.4 Å². The van der Waals surface area contributed by atoms with Gasteiger partial charge in [-0.3, -0.25) is 14.4 Å². The monoisotopic (exact) mass is 983 g/mol. The van der Waals surface area contributed by atoms with Crippen molar-refractivity contribution in [3.63, 3.8) is 0 Å². The second kappa shape index (κ2) is 58.4. The lowest BCUT2D eigenvalue weighted by molar-refractivity contribution is -0.167. The second-order valence-corrected chi connectivity index (χ2v) is 18.8. The molecule has 0 saturated heterocycles. The molecule has 0 aliphatic rings. The summed E-state index contributed by atoms with van der Waals surface area (Å²) in [6.07, 6.45) is 80.6. The Morgan fingerprint density at radius 3 is 0.944 bits per heavy atom. The minimum atomic E-state index is -0.794. The van der Waals surface area contributed by atoms with Gasteiger partial charge in [-0.1, -0.05) is 245 Å². The number of ether oxygens (including phenoxy) is 3. The van der Waals surface area contributed by atoms with Gasteiger partial charge in [-0.05, 0) is 109 Å². The summed E-state index contributed by atoms with van der Waals surface area (Å²) in [5.74, 6) is -0.940. The lowest BCUT2D eigenvalue weighted by atomic mass is 10.0. The third-order valence-electron chi connectivity index (χ3n) is 11.9. The zero-order chi connectivity index (χ0) is 51.4. The largest absolute Gasteiger partial charge is 0.462 e. The number of carbonyl (C=O) groups excluding carboxylic acids is 3. The first-order valence-corrected chi connectivity index (χ1v) is 29.0. The van der Waals surface area contributed by atoms with Crippen LogP contribution in [0.4, 0.5) is 0 Å². The standard InChI is InChI=1S/C65H106O6/c1-4-7-10-13-16-19-22-24-25-26-27-28-29-30-31-32-33-34-35-36-37-38-39-40-41-42-44-46-49-52-55-58-64(67)70-61-62(60-69-63(66)57-54-51-48-45-21-18-15-12-9-6-3)71-65(68)59-56-53-50-47-43-23-20-17-14-11-8-5-2/h7,10,12,15-16,19,24-25,27-28,30-31,33-34,36-37,39-40,42,44,62H,4-6,8-9,11,13-14,17-18,20-23,26,29,32,35,38,41,43,45-61H2,1-3H3/b10-7-,15-12-,19-16-,25-24-,28-27-,31-30-,34-33-,37-36-,40-39-,44-42-. The third-order valence-corrected chi connectivity index (χ3v) is 11.9. The second-order valence-electron chi connectivity index (χ2n) is 18.8. The van der Waals surface area contributed by atoms with Crippen molar-refractivity contribution in [2.45, 2.75) is 258 Å². The molecule has 0 N–H and O–H groups in total. The lowest BCUT2D eigenvalue weighted by Crippen LogP contribution is -2.30. The van der Waals surface area contributed by atoms with Crippen LogP contribution in [0.15, 0.2) is 122 Å². The van der Waals surface area contributed by atoms with Gasteiger partial charge in [0.2, 0.25) is 0 Å². The van der Waals surface area contributed by atoms with E-state index in [2.05, 4.69) is 142 Å². The fourth-order valence-electron chi connectivity index (χ4n) is 7.61. The summed E-state index contributed by atoms with van der Waals surface area (Å²) in [6.45, 7) is 6.42. The number of carbonyl (C=O) groups is 3. The maximum Gasteiger partial charge on any atom is 0.306 e. The van der Waals surface area contributed by atoms with E-state index >= 15 is 0 Å². The van der Waals surface area contributed by atoms with Crippen LogP contribution in [0.25, 0.3) is 0 Å². The summed E-state index contributed by atoms with van der Waals surface area (Å²) in [6, 6.07) is 0. The molecule has 0 spiro atoms. The van der Waals surface area contributed by atoms with Gasteiger partial charge >= 0.3 is 17.9 Å². The number of esters is 3. The molecule has 0 aromatic carbocycles. The third kappa shape index (κ3) is 56.6. The molecule has 402 valence electrons. The van der Waals surface area contributed by atoms with E-state index in [1.165, 1.54) is 70.6 Å². The molecule has 1 atom stereocenters. The van der Waals surface area contributed by atoms with E-state index in [0.29, 0.717) is 19.3 Å². The van der Waals surface area contributed by atoms with Crippen LogP contribution in [0.3, 0.4) is 0 Å². The molecule has 0 bridgehead atoms. The topological polar surface area (TPSA) is 78.9 Å². The summed E-state index contributed by atoms with van der Waals surface area (Å²) in [5, 5.41) is 0. The van der Waals surface area contributed by atoms with Gasteiger partial charge in [0.1, 0.15) is 13.2 Å². The van der Waals surface area contributed by atoms with Gasteiger partial charge in [0.05, 0.1) is 0 Å². The zero-order valence-corrected chi connectivity index (χ0v) is 45.9. The zero-order valence-electron chi connectivity index (χ0n) is 45.9. The van der Waals surface area contributed by atoms with Gasteiger partial charge in [-0.25, -0.2) is 0 Å².